The van der Waals surface area contributed by atoms with Gasteiger partial charge in [0.25, 0.3) is 0 Å². The molecule has 0 unspecified atom stereocenters. The van der Waals surface area contributed by atoms with Gasteiger partial charge in [0.05, 0.1) is 72.9 Å². The average molecular weight is 825 g/mol. The van der Waals surface area contributed by atoms with Crippen molar-refractivity contribution in [1.82, 2.24) is 58.6 Å². The van der Waals surface area contributed by atoms with Gasteiger partial charge >= 0.3 is 0 Å². The summed E-state index contributed by atoms with van der Waals surface area (Å²) < 4.78 is 19.2. The number of benzene rings is 2. The third-order valence-electron chi connectivity index (χ3n) is 11.1. The molecule has 0 N–H and O–H groups in total. The number of methoxy groups -OCH3 is 2. The molecule has 14 heteroatoms. The first kappa shape index (κ1) is 40.0. The van der Waals surface area contributed by atoms with Gasteiger partial charge in [0, 0.05) is 37.9 Å². The molecule has 6 aromatic heterocycles. The molecule has 0 saturated heterocycles. The number of imidazole rings is 2. The molecule has 10 rings (SSSR count). The van der Waals surface area contributed by atoms with Crippen molar-refractivity contribution >= 4 is 24.3 Å². The zero-order valence-corrected chi connectivity index (χ0v) is 35.3. The van der Waals surface area contributed by atoms with Gasteiger partial charge in [-0.05, 0) is 111 Å². The Labute approximate surface area is 360 Å². The standard InChI is InChI=1S/2C24H24N6O/c2*1-17-15-29(16-26-17)21-10-8-18(14-22(21)31-2)9-11-23-27-24-19(6-5-13-30(24)28-23)20-7-3-4-12-25-20/h2*3-4,7-12,14-16,19H,5-6,13H2,1-2H3/b2*11-9+/t2*19-/m10/s1. The Morgan fingerprint density at radius 1 is 0.565 bits per heavy atom. The van der Waals surface area contributed by atoms with Crippen LogP contribution in [-0.2, 0) is 13.1 Å². The van der Waals surface area contributed by atoms with Crippen LogP contribution < -0.4 is 9.47 Å². The minimum Gasteiger partial charge on any atom is -0.495 e. The predicted octanol–water partition coefficient (Wildman–Crippen LogP) is 8.54. The van der Waals surface area contributed by atoms with Crippen LogP contribution in [0.5, 0.6) is 11.5 Å². The Bertz CT molecular complexity index is 2640. The van der Waals surface area contributed by atoms with Gasteiger partial charge in [-0.1, -0.05) is 36.4 Å². The fourth-order valence-electron chi connectivity index (χ4n) is 8.07. The van der Waals surface area contributed by atoms with E-state index in [1.807, 2.05) is 130 Å². The van der Waals surface area contributed by atoms with E-state index in [1.54, 1.807) is 26.9 Å². The first-order valence-corrected chi connectivity index (χ1v) is 20.9. The van der Waals surface area contributed by atoms with E-state index in [0.29, 0.717) is 11.6 Å². The van der Waals surface area contributed by atoms with Crippen LogP contribution in [-0.4, -0.2) is 72.8 Å². The fourth-order valence-corrected chi connectivity index (χ4v) is 8.07. The Morgan fingerprint density at radius 3 is 1.42 bits per heavy atom. The monoisotopic (exact) mass is 824 g/mol. The largest absolute Gasteiger partial charge is 0.495 e. The van der Waals surface area contributed by atoms with Crippen molar-refractivity contribution in [2.45, 2.75) is 64.5 Å². The van der Waals surface area contributed by atoms with Crippen LogP contribution in [0.1, 0.15) is 94.7 Å². The van der Waals surface area contributed by atoms with Crippen molar-refractivity contribution in [3.63, 3.8) is 0 Å². The lowest BCUT2D eigenvalue weighted by Gasteiger charge is -2.21. The van der Waals surface area contributed by atoms with Gasteiger partial charge in [0.2, 0.25) is 0 Å². The lowest BCUT2D eigenvalue weighted by atomic mass is 9.95. The van der Waals surface area contributed by atoms with Crippen LogP contribution in [0, 0.1) is 13.8 Å². The third kappa shape index (κ3) is 8.71. The number of aryl methyl sites for hydroxylation is 4. The second-order valence-electron chi connectivity index (χ2n) is 15.4. The second kappa shape index (κ2) is 18.0. The molecule has 2 atom stereocenters. The summed E-state index contributed by atoms with van der Waals surface area (Å²) in [6.07, 6.45) is 23.4. The maximum Gasteiger partial charge on any atom is 0.174 e. The average Bonchev–Trinajstić information content (AvgIpc) is 4.15. The van der Waals surface area contributed by atoms with Crippen LogP contribution in [0.2, 0.25) is 0 Å². The molecule has 2 aromatic carbocycles. The molecule has 0 bridgehead atoms. The van der Waals surface area contributed by atoms with Crippen molar-refractivity contribution in [2.75, 3.05) is 14.2 Å². The molecule has 0 amide bonds. The topological polar surface area (TPSA) is 141 Å². The molecule has 0 fully saturated rings. The molecule has 62 heavy (non-hydrogen) atoms. The summed E-state index contributed by atoms with van der Waals surface area (Å²) >= 11 is 0. The fraction of sp³-hybridized carbons (Fsp3) is 0.250. The van der Waals surface area contributed by atoms with Crippen molar-refractivity contribution in [3.05, 3.63) is 167 Å². The van der Waals surface area contributed by atoms with Gasteiger partial charge in [-0.2, -0.15) is 10.2 Å². The molecule has 0 aliphatic carbocycles. The molecule has 2 aliphatic rings. The molecule has 0 radical (unpaired) electrons. The Balaban J connectivity index is 0.000000158. The van der Waals surface area contributed by atoms with Crippen LogP contribution in [0.3, 0.4) is 0 Å². The summed E-state index contributed by atoms with van der Waals surface area (Å²) in [6.45, 7) is 5.73. The molecule has 14 nitrogen and oxygen atoms in total. The van der Waals surface area contributed by atoms with E-state index in [0.717, 1.165) is 107 Å². The van der Waals surface area contributed by atoms with Gasteiger partial charge in [-0.3, -0.25) is 9.97 Å². The highest BCUT2D eigenvalue weighted by atomic mass is 16.5. The number of hydrogen-bond acceptors (Lipinski definition) is 10. The van der Waals surface area contributed by atoms with Gasteiger partial charge < -0.3 is 18.6 Å². The maximum atomic E-state index is 5.61. The van der Waals surface area contributed by atoms with Gasteiger partial charge in [-0.25, -0.2) is 29.3 Å². The SMILES string of the molecule is COc1cc(/C=C/c2nc3n(n2)CCC[C@@H]3c2ccccn2)ccc1-n1cnc(C)c1.COc1cc(/C=C/c2nc3n(n2)CCC[C@H]3c2ccccn2)ccc1-n1cnc(C)c1. The highest BCUT2D eigenvalue weighted by molar-refractivity contribution is 5.70. The van der Waals surface area contributed by atoms with Gasteiger partial charge in [0.15, 0.2) is 11.6 Å². The molecule has 0 spiro atoms. The van der Waals surface area contributed by atoms with Crippen LogP contribution in [0.15, 0.2) is 110 Å². The van der Waals surface area contributed by atoms with Crippen LogP contribution in [0.4, 0.5) is 0 Å². The normalized spacial score (nSPS) is 15.9. The molecule has 2 aliphatic heterocycles. The second-order valence-corrected chi connectivity index (χ2v) is 15.4. The highest BCUT2D eigenvalue weighted by Gasteiger charge is 2.27. The number of rotatable bonds is 10. The zero-order chi connectivity index (χ0) is 42.4. The van der Waals surface area contributed by atoms with E-state index in [1.165, 1.54) is 0 Å². The molecule has 8 aromatic rings. The molecule has 0 saturated carbocycles. The first-order valence-electron chi connectivity index (χ1n) is 20.9. The van der Waals surface area contributed by atoms with Crippen LogP contribution in [0.25, 0.3) is 35.7 Å². The minimum absolute atomic E-state index is 0.197. The van der Waals surface area contributed by atoms with E-state index >= 15 is 0 Å². The van der Waals surface area contributed by atoms with Gasteiger partial charge in [0.1, 0.15) is 23.1 Å². The summed E-state index contributed by atoms with van der Waals surface area (Å²) in [5, 5.41) is 9.40. The highest BCUT2D eigenvalue weighted by Crippen LogP contribution is 2.33. The van der Waals surface area contributed by atoms with Crippen molar-refractivity contribution in [1.29, 1.82) is 0 Å². The molecular formula is C48H48N12O2. The number of nitrogens with zero attached hydrogens (tertiary/aromatic N) is 12. The first-order chi connectivity index (χ1) is 30.4. The van der Waals surface area contributed by atoms with Crippen molar-refractivity contribution < 1.29 is 9.47 Å². The van der Waals surface area contributed by atoms with E-state index in [-0.39, 0.29) is 11.8 Å². The van der Waals surface area contributed by atoms with E-state index in [9.17, 15) is 0 Å². The van der Waals surface area contributed by atoms with E-state index in [4.69, 9.17) is 29.6 Å². The Hall–Kier alpha value is -7.48. The van der Waals surface area contributed by atoms with E-state index < -0.39 is 0 Å². The number of ether oxygens (including phenoxy) is 2. The molecule has 312 valence electrons. The lowest BCUT2D eigenvalue weighted by Crippen LogP contribution is -2.18. The van der Waals surface area contributed by atoms with Crippen molar-refractivity contribution in [3.8, 4) is 22.9 Å². The Kier molecular flexibility index (Phi) is 11.6. The van der Waals surface area contributed by atoms with Gasteiger partial charge in [-0.15, -0.1) is 0 Å². The molecular weight excluding hydrogens is 777 g/mol. The summed E-state index contributed by atoms with van der Waals surface area (Å²) in [5.41, 5.74) is 7.98. The Morgan fingerprint density at radius 2 is 1.03 bits per heavy atom. The summed E-state index contributed by atoms with van der Waals surface area (Å²) in [5.74, 6) is 5.38. The third-order valence-corrected chi connectivity index (χ3v) is 11.1. The maximum absolute atomic E-state index is 5.61. The number of hydrogen-bond donors (Lipinski definition) is 0. The number of pyridine rings is 2. The number of fused-ring (bicyclic) bond motifs is 2. The minimum atomic E-state index is 0.197. The summed E-state index contributed by atoms with van der Waals surface area (Å²) in [7, 11) is 3.36. The smallest absolute Gasteiger partial charge is 0.174 e. The predicted molar refractivity (Wildman–Crippen MR) is 238 cm³/mol. The quantitative estimate of drug-likeness (QED) is 0.132. The number of aromatic nitrogens is 12. The summed E-state index contributed by atoms with van der Waals surface area (Å²) in [6, 6.07) is 24.3. The van der Waals surface area contributed by atoms with Crippen molar-refractivity contribution in [2.24, 2.45) is 0 Å². The molecule has 8 heterocycles. The lowest BCUT2D eigenvalue weighted by molar-refractivity contribution is 0.412. The zero-order valence-electron chi connectivity index (χ0n) is 35.3. The summed E-state index contributed by atoms with van der Waals surface area (Å²) in [4.78, 5) is 27.3. The van der Waals surface area contributed by atoms with Crippen LogP contribution >= 0.6 is 0 Å². The van der Waals surface area contributed by atoms with E-state index in [2.05, 4.69) is 44.2 Å².